The second-order valence-corrected chi connectivity index (χ2v) is 5.26. The van der Waals surface area contributed by atoms with E-state index in [2.05, 4.69) is 27.9 Å². The number of amides is 1. The molecule has 1 heterocycles. The van der Waals surface area contributed by atoms with Crippen molar-refractivity contribution in [1.29, 1.82) is 0 Å². The van der Waals surface area contributed by atoms with Crippen molar-refractivity contribution in [2.24, 2.45) is 0 Å². The summed E-state index contributed by atoms with van der Waals surface area (Å²) in [6.45, 7) is 4.30. The van der Waals surface area contributed by atoms with E-state index in [4.69, 9.17) is 4.42 Å². The first-order valence-electron chi connectivity index (χ1n) is 5.66. The summed E-state index contributed by atoms with van der Waals surface area (Å²) in [5.41, 5.74) is 1.72. The van der Waals surface area contributed by atoms with Gasteiger partial charge in [0, 0.05) is 15.7 Å². The van der Waals surface area contributed by atoms with Crippen LogP contribution in [0.1, 0.15) is 27.4 Å². The molecule has 0 bridgehead atoms. The Bertz CT molecular complexity index is 575. The molecule has 1 N–H and O–H groups in total. The zero-order chi connectivity index (χ0) is 13.1. The van der Waals surface area contributed by atoms with Gasteiger partial charge in [-0.3, -0.25) is 4.79 Å². The zero-order valence-corrected chi connectivity index (χ0v) is 12.4. The van der Waals surface area contributed by atoms with Crippen LogP contribution in [0.3, 0.4) is 0 Å². The lowest BCUT2D eigenvalue weighted by molar-refractivity contribution is 0.0950. The Morgan fingerprint density at radius 2 is 2.06 bits per heavy atom. The van der Waals surface area contributed by atoms with Crippen LogP contribution in [0.2, 0.25) is 0 Å². The maximum atomic E-state index is 12.0. The van der Waals surface area contributed by atoms with Crippen molar-refractivity contribution >= 4 is 28.5 Å². The molecule has 4 heteroatoms. The van der Waals surface area contributed by atoms with Crippen molar-refractivity contribution in [2.75, 3.05) is 0 Å². The molecule has 0 fully saturated rings. The number of hydrogen-bond acceptors (Lipinski definition) is 2. The largest absolute Gasteiger partial charge is 0.466 e. The SMILES string of the molecule is Cc1cc(CNC(=O)c2ccccc2I)c(C)o1. The first kappa shape index (κ1) is 13.1. The van der Waals surface area contributed by atoms with E-state index < -0.39 is 0 Å². The molecule has 1 aromatic carbocycles. The number of rotatable bonds is 3. The molecule has 0 saturated carbocycles. The van der Waals surface area contributed by atoms with E-state index in [1.54, 1.807) is 0 Å². The fourth-order valence-electron chi connectivity index (χ4n) is 1.78. The average Bonchev–Trinajstić information content (AvgIpc) is 2.65. The molecule has 0 spiro atoms. The standard InChI is InChI=1S/C14H14INO2/c1-9-7-11(10(2)18-9)8-16-14(17)12-5-3-4-6-13(12)15/h3-7H,8H2,1-2H3,(H,16,17). The van der Waals surface area contributed by atoms with Crippen LogP contribution in [0, 0.1) is 17.4 Å². The van der Waals surface area contributed by atoms with E-state index in [1.807, 2.05) is 44.2 Å². The molecule has 0 radical (unpaired) electrons. The molecular weight excluding hydrogens is 341 g/mol. The Labute approximate surface area is 120 Å². The van der Waals surface area contributed by atoms with Gasteiger partial charge in [0.15, 0.2) is 0 Å². The summed E-state index contributed by atoms with van der Waals surface area (Å²) in [6, 6.07) is 9.48. The molecule has 3 nitrogen and oxygen atoms in total. The van der Waals surface area contributed by atoms with E-state index in [-0.39, 0.29) is 5.91 Å². The van der Waals surface area contributed by atoms with Crippen molar-refractivity contribution < 1.29 is 9.21 Å². The van der Waals surface area contributed by atoms with Gasteiger partial charge >= 0.3 is 0 Å². The van der Waals surface area contributed by atoms with Gasteiger partial charge in [-0.1, -0.05) is 12.1 Å². The highest BCUT2D eigenvalue weighted by atomic mass is 127. The van der Waals surface area contributed by atoms with Crippen LogP contribution in [0.15, 0.2) is 34.7 Å². The lowest BCUT2D eigenvalue weighted by Crippen LogP contribution is -2.23. The molecule has 0 aliphatic carbocycles. The summed E-state index contributed by atoms with van der Waals surface area (Å²) in [5, 5.41) is 2.91. The number of carbonyl (C=O) groups excluding carboxylic acids is 1. The minimum absolute atomic E-state index is 0.0572. The highest BCUT2D eigenvalue weighted by molar-refractivity contribution is 14.1. The molecule has 2 aromatic rings. The van der Waals surface area contributed by atoms with Gasteiger partial charge in [0.1, 0.15) is 11.5 Å². The fourth-order valence-corrected chi connectivity index (χ4v) is 2.41. The molecule has 1 aromatic heterocycles. The predicted molar refractivity (Wildman–Crippen MR) is 78.5 cm³/mol. The van der Waals surface area contributed by atoms with Crippen molar-refractivity contribution in [1.82, 2.24) is 5.32 Å². The summed E-state index contributed by atoms with van der Waals surface area (Å²) in [4.78, 5) is 12.0. The number of carbonyl (C=O) groups is 1. The average molecular weight is 355 g/mol. The summed E-state index contributed by atoms with van der Waals surface area (Å²) in [5.74, 6) is 1.67. The van der Waals surface area contributed by atoms with Crippen molar-refractivity contribution in [3.05, 3.63) is 56.5 Å². The summed E-state index contributed by atoms with van der Waals surface area (Å²) < 4.78 is 6.38. The van der Waals surface area contributed by atoms with Crippen LogP contribution in [-0.4, -0.2) is 5.91 Å². The van der Waals surface area contributed by atoms with Crippen molar-refractivity contribution in [3.8, 4) is 0 Å². The molecule has 0 aliphatic heterocycles. The Morgan fingerprint density at radius 3 is 2.67 bits per heavy atom. The number of hydrogen-bond donors (Lipinski definition) is 1. The van der Waals surface area contributed by atoms with E-state index in [0.29, 0.717) is 12.1 Å². The lowest BCUT2D eigenvalue weighted by atomic mass is 10.2. The van der Waals surface area contributed by atoms with Crippen LogP contribution in [0.4, 0.5) is 0 Å². The Balaban J connectivity index is 2.05. The maximum Gasteiger partial charge on any atom is 0.252 e. The normalized spacial score (nSPS) is 10.4. The minimum atomic E-state index is -0.0572. The molecule has 0 saturated heterocycles. The second-order valence-electron chi connectivity index (χ2n) is 4.10. The van der Waals surface area contributed by atoms with Crippen molar-refractivity contribution in [3.63, 3.8) is 0 Å². The number of benzene rings is 1. The van der Waals surface area contributed by atoms with Crippen molar-refractivity contribution in [2.45, 2.75) is 20.4 Å². The third-order valence-corrected chi connectivity index (χ3v) is 3.64. The highest BCUT2D eigenvalue weighted by Crippen LogP contribution is 2.14. The first-order chi connectivity index (χ1) is 8.58. The van der Waals surface area contributed by atoms with E-state index >= 15 is 0 Å². The first-order valence-corrected chi connectivity index (χ1v) is 6.74. The van der Waals surface area contributed by atoms with Gasteiger partial charge < -0.3 is 9.73 Å². The molecule has 0 aliphatic rings. The van der Waals surface area contributed by atoms with Crippen LogP contribution in [-0.2, 0) is 6.54 Å². The summed E-state index contributed by atoms with van der Waals surface area (Å²) in [6.07, 6.45) is 0. The second kappa shape index (κ2) is 5.56. The highest BCUT2D eigenvalue weighted by Gasteiger charge is 2.10. The van der Waals surface area contributed by atoms with E-state index in [0.717, 1.165) is 20.7 Å². The number of nitrogens with one attached hydrogen (secondary N) is 1. The number of halogens is 1. The number of furan rings is 1. The summed E-state index contributed by atoms with van der Waals surface area (Å²) in [7, 11) is 0. The Kier molecular flexibility index (Phi) is 4.06. The van der Waals surface area contributed by atoms with Gasteiger partial charge in [0.25, 0.3) is 5.91 Å². The monoisotopic (exact) mass is 355 g/mol. The maximum absolute atomic E-state index is 12.0. The predicted octanol–water partition coefficient (Wildman–Crippen LogP) is 3.43. The van der Waals surface area contributed by atoms with Gasteiger partial charge in [0.05, 0.1) is 5.56 Å². The van der Waals surface area contributed by atoms with Crippen LogP contribution >= 0.6 is 22.6 Å². The van der Waals surface area contributed by atoms with Gasteiger partial charge in [-0.25, -0.2) is 0 Å². The van der Waals surface area contributed by atoms with Gasteiger partial charge in [-0.2, -0.15) is 0 Å². The van der Waals surface area contributed by atoms with Gasteiger partial charge in [-0.05, 0) is 54.6 Å². The molecule has 2 rings (SSSR count). The molecule has 0 unspecified atom stereocenters. The Morgan fingerprint density at radius 1 is 1.33 bits per heavy atom. The molecule has 18 heavy (non-hydrogen) atoms. The van der Waals surface area contributed by atoms with E-state index in [9.17, 15) is 4.79 Å². The van der Waals surface area contributed by atoms with E-state index in [1.165, 1.54) is 0 Å². The Hall–Kier alpha value is -1.30. The minimum Gasteiger partial charge on any atom is -0.466 e. The van der Waals surface area contributed by atoms with Crippen LogP contribution in [0.5, 0.6) is 0 Å². The van der Waals surface area contributed by atoms with Gasteiger partial charge in [-0.15, -0.1) is 0 Å². The third kappa shape index (κ3) is 2.93. The molecule has 94 valence electrons. The fraction of sp³-hybridized carbons (Fsp3) is 0.214. The topological polar surface area (TPSA) is 42.2 Å². The van der Waals surface area contributed by atoms with Crippen LogP contribution < -0.4 is 5.32 Å². The number of aryl methyl sites for hydroxylation is 2. The third-order valence-electron chi connectivity index (χ3n) is 2.70. The van der Waals surface area contributed by atoms with Crippen LogP contribution in [0.25, 0.3) is 0 Å². The van der Waals surface area contributed by atoms with Gasteiger partial charge in [0.2, 0.25) is 0 Å². The molecule has 1 amide bonds. The summed E-state index contributed by atoms with van der Waals surface area (Å²) >= 11 is 2.16. The molecule has 0 atom stereocenters. The lowest BCUT2D eigenvalue weighted by Gasteiger charge is -2.06. The quantitative estimate of drug-likeness (QED) is 0.858. The smallest absolute Gasteiger partial charge is 0.252 e. The zero-order valence-electron chi connectivity index (χ0n) is 10.3. The molecular formula is C14H14INO2.